The molecule has 1 aromatic carbocycles. The van der Waals surface area contributed by atoms with Crippen molar-refractivity contribution in [1.82, 2.24) is 33.9 Å². The summed E-state index contributed by atoms with van der Waals surface area (Å²) in [4.78, 5) is 27.3. The van der Waals surface area contributed by atoms with Crippen molar-refractivity contribution >= 4 is 21.1 Å². The number of hydrogen-bond acceptors (Lipinski definition) is 8. The first-order valence-corrected chi connectivity index (χ1v) is 15.6. The number of fused-ring (bicyclic) bond motifs is 1. The van der Waals surface area contributed by atoms with E-state index in [0.717, 1.165) is 43.6 Å². The fourth-order valence-electron chi connectivity index (χ4n) is 5.30. The molecule has 5 rings (SSSR count). The zero-order chi connectivity index (χ0) is 29.0. The van der Waals surface area contributed by atoms with Crippen LogP contribution in [0.15, 0.2) is 52.4 Å². The van der Waals surface area contributed by atoms with Crippen molar-refractivity contribution in [2.24, 2.45) is 7.05 Å². The lowest BCUT2D eigenvalue weighted by Crippen LogP contribution is -2.37. The zero-order valence-electron chi connectivity index (χ0n) is 23.8. The molecule has 0 amide bonds. The fraction of sp³-hybridized carbons (Fsp3) is 0.448. The summed E-state index contributed by atoms with van der Waals surface area (Å²) >= 11 is 0. The van der Waals surface area contributed by atoms with Crippen LogP contribution in [0.25, 0.3) is 22.4 Å². The minimum atomic E-state index is -3.93. The second-order valence-corrected chi connectivity index (χ2v) is 12.2. The summed E-state index contributed by atoms with van der Waals surface area (Å²) in [5, 5.41) is 4.50. The van der Waals surface area contributed by atoms with Gasteiger partial charge in [0.05, 0.1) is 22.8 Å². The van der Waals surface area contributed by atoms with Crippen LogP contribution in [0.4, 0.5) is 0 Å². The van der Waals surface area contributed by atoms with Crippen molar-refractivity contribution in [2.45, 2.75) is 51.0 Å². The summed E-state index contributed by atoms with van der Waals surface area (Å²) in [6, 6.07) is 8.42. The number of likely N-dealkylation sites (tertiary alicyclic amines) is 1. The fourth-order valence-corrected chi connectivity index (χ4v) is 6.75. The highest BCUT2D eigenvalue weighted by Crippen LogP contribution is 2.32. The number of rotatable bonds is 12. The number of nitrogens with one attached hydrogen (secondary N) is 1. The molecule has 4 heterocycles. The third-order valence-corrected chi connectivity index (χ3v) is 9.18. The molecule has 0 bridgehead atoms. The second kappa shape index (κ2) is 12.5. The quantitative estimate of drug-likeness (QED) is 0.271. The lowest BCUT2D eigenvalue weighted by atomic mass is 10.1. The molecule has 1 aliphatic heterocycles. The second-order valence-electron chi connectivity index (χ2n) is 10.3. The van der Waals surface area contributed by atoms with Gasteiger partial charge in [0.2, 0.25) is 10.0 Å². The molecule has 0 unspecified atom stereocenters. The molecule has 0 aliphatic carbocycles. The van der Waals surface area contributed by atoms with Gasteiger partial charge in [-0.25, -0.2) is 13.4 Å². The molecule has 1 saturated heterocycles. The number of aromatic nitrogens is 5. The van der Waals surface area contributed by atoms with E-state index in [1.165, 1.54) is 8.99 Å². The van der Waals surface area contributed by atoms with Crippen LogP contribution in [-0.2, 0) is 30.0 Å². The van der Waals surface area contributed by atoms with Crippen molar-refractivity contribution in [3.8, 4) is 17.1 Å². The first-order chi connectivity index (χ1) is 19.8. The molecular weight excluding hydrogens is 542 g/mol. The average molecular weight is 580 g/mol. The lowest BCUT2D eigenvalue weighted by Gasteiger charge is -2.25. The number of pyridine rings is 1. The van der Waals surface area contributed by atoms with Gasteiger partial charge in [0.25, 0.3) is 5.56 Å². The summed E-state index contributed by atoms with van der Waals surface area (Å²) < 4.78 is 37.2. The Balaban J connectivity index is 1.58. The summed E-state index contributed by atoms with van der Waals surface area (Å²) in [6.45, 7) is 7.40. The highest BCUT2D eigenvalue weighted by molar-refractivity contribution is 7.89. The van der Waals surface area contributed by atoms with Gasteiger partial charge >= 0.3 is 0 Å². The predicted octanol–water partition coefficient (Wildman–Crippen LogP) is 3.36. The Morgan fingerprint density at radius 3 is 2.66 bits per heavy atom. The third-order valence-electron chi connectivity index (χ3n) is 7.34. The lowest BCUT2D eigenvalue weighted by molar-refractivity contribution is 0.291. The highest BCUT2D eigenvalue weighted by atomic mass is 32.2. The molecule has 0 radical (unpaired) electrons. The first kappa shape index (κ1) is 28.9. The molecule has 218 valence electrons. The maximum Gasteiger partial charge on any atom is 0.277 e. The number of H-pyrrole nitrogens is 1. The number of aromatic amines is 1. The van der Waals surface area contributed by atoms with Crippen LogP contribution in [-0.4, -0.2) is 75.1 Å². The summed E-state index contributed by atoms with van der Waals surface area (Å²) in [6.07, 6.45) is 7.13. The van der Waals surface area contributed by atoms with Gasteiger partial charge < -0.3 is 14.6 Å². The van der Waals surface area contributed by atoms with Crippen LogP contribution in [0.3, 0.4) is 0 Å². The van der Waals surface area contributed by atoms with E-state index in [1.54, 1.807) is 43.7 Å². The van der Waals surface area contributed by atoms with Gasteiger partial charge in [-0.3, -0.25) is 14.5 Å². The minimum absolute atomic E-state index is 0.101. The predicted molar refractivity (Wildman–Crippen MR) is 157 cm³/mol. The first-order valence-electron chi connectivity index (χ1n) is 14.2. The van der Waals surface area contributed by atoms with E-state index < -0.39 is 10.0 Å². The van der Waals surface area contributed by atoms with Crippen molar-refractivity contribution < 1.29 is 13.2 Å². The number of ether oxygens (including phenoxy) is 1. The molecule has 11 nitrogen and oxygen atoms in total. The molecular formula is C29H37N7O4S. The molecule has 4 aromatic rings. The van der Waals surface area contributed by atoms with Crippen molar-refractivity contribution in [3.05, 3.63) is 64.3 Å². The van der Waals surface area contributed by atoms with Gasteiger partial charge in [0.15, 0.2) is 5.52 Å². The molecule has 1 fully saturated rings. The van der Waals surface area contributed by atoms with E-state index in [0.29, 0.717) is 48.5 Å². The van der Waals surface area contributed by atoms with Crippen LogP contribution in [0, 0.1) is 0 Å². The number of nitrogens with zero attached hydrogens (tertiary/aromatic N) is 6. The third kappa shape index (κ3) is 6.19. The summed E-state index contributed by atoms with van der Waals surface area (Å²) in [7, 11) is -2.21. The Morgan fingerprint density at radius 2 is 1.95 bits per heavy atom. The number of sulfonamides is 1. The Morgan fingerprint density at radius 1 is 1.15 bits per heavy atom. The van der Waals surface area contributed by atoms with Crippen LogP contribution in [0.5, 0.6) is 5.75 Å². The van der Waals surface area contributed by atoms with Crippen molar-refractivity contribution in [3.63, 3.8) is 0 Å². The molecule has 1 N–H and O–H groups in total. The molecule has 3 aromatic heterocycles. The smallest absolute Gasteiger partial charge is 0.277 e. The maximum absolute atomic E-state index is 14.2. The van der Waals surface area contributed by atoms with Gasteiger partial charge in [0, 0.05) is 39.1 Å². The van der Waals surface area contributed by atoms with Crippen LogP contribution in [0.1, 0.15) is 44.4 Å². The van der Waals surface area contributed by atoms with E-state index in [1.807, 2.05) is 19.9 Å². The normalized spacial score (nSPS) is 14.3. The van der Waals surface area contributed by atoms with Gasteiger partial charge in [-0.15, -0.1) is 0 Å². The largest absolute Gasteiger partial charge is 0.493 e. The minimum Gasteiger partial charge on any atom is -0.493 e. The standard InChI is InChI=1S/C29H37N7O4S/c1-4-9-24-26-27(34(3)33-24)29(37)32-28(31-26)23-18-22(11-12-25(23)40-5-2)41(38,39)36(17-16-35-14-6-7-15-35)20-21-10-8-13-30-19-21/h8,10-13,18-19H,4-7,9,14-17,20H2,1-3H3,(H,31,32,37). The van der Waals surface area contributed by atoms with Gasteiger partial charge in [0.1, 0.15) is 17.1 Å². The highest BCUT2D eigenvalue weighted by Gasteiger charge is 2.28. The van der Waals surface area contributed by atoms with Gasteiger partial charge in [-0.1, -0.05) is 19.4 Å². The van der Waals surface area contributed by atoms with Crippen LogP contribution < -0.4 is 10.3 Å². The Kier molecular flexibility index (Phi) is 8.81. The monoisotopic (exact) mass is 579 g/mol. The number of hydrogen-bond donors (Lipinski definition) is 1. The Bertz CT molecular complexity index is 1660. The Hall–Kier alpha value is -3.61. The van der Waals surface area contributed by atoms with Gasteiger partial charge in [-0.05, 0) is 69.1 Å². The summed E-state index contributed by atoms with van der Waals surface area (Å²) in [5.74, 6) is 0.676. The van der Waals surface area contributed by atoms with E-state index in [4.69, 9.17) is 9.72 Å². The van der Waals surface area contributed by atoms with Crippen molar-refractivity contribution in [2.75, 3.05) is 32.8 Å². The molecule has 0 spiro atoms. The Labute approximate surface area is 240 Å². The van der Waals surface area contributed by atoms with Crippen LogP contribution >= 0.6 is 0 Å². The molecule has 12 heteroatoms. The van der Waals surface area contributed by atoms with E-state index >= 15 is 0 Å². The zero-order valence-corrected chi connectivity index (χ0v) is 24.7. The van der Waals surface area contributed by atoms with E-state index in [9.17, 15) is 13.2 Å². The van der Waals surface area contributed by atoms with Crippen LogP contribution in [0.2, 0.25) is 0 Å². The van der Waals surface area contributed by atoms with E-state index in [2.05, 4.69) is 20.0 Å². The van der Waals surface area contributed by atoms with Gasteiger partial charge in [-0.2, -0.15) is 9.40 Å². The molecule has 41 heavy (non-hydrogen) atoms. The topological polar surface area (TPSA) is 126 Å². The number of aryl methyl sites for hydroxylation is 2. The summed E-state index contributed by atoms with van der Waals surface area (Å²) in [5.41, 5.74) is 2.47. The maximum atomic E-state index is 14.2. The van der Waals surface area contributed by atoms with Crippen molar-refractivity contribution in [1.29, 1.82) is 0 Å². The van der Waals surface area contributed by atoms with E-state index in [-0.39, 0.29) is 22.8 Å². The molecule has 0 atom stereocenters. The SMILES string of the molecule is CCCc1nn(C)c2c(=O)[nH]c(-c3cc(S(=O)(=O)N(CCN4CCCC4)Cc4cccnc4)ccc3OCC)nc12. The molecule has 0 saturated carbocycles. The molecule has 1 aliphatic rings. The number of benzene rings is 1. The average Bonchev–Trinajstić information content (AvgIpc) is 3.60.